The van der Waals surface area contributed by atoms with Gasteiger partial charge in [-0.15, -0.1) is 0 Å². The van der Waals surface area contributed by atoms with Crippen molar-refractivity contribution >= 4 is 5.78 Å². The Morgan fingerprint density at radius 3 is 2.29 bits per heavy atom. The Morgan fingerprint density at radius 2 is 2.29 bits per heavy atom. The van der Waals surface area contributed by atoms with Gasteiger partial charge in [0.15, 0.2) is 0 Å². The third-order valence-electron chi connectivity index (χ3n) is 0.968. The Labute approximate surface area is 43.2 Å². The standard InChI is InChI=1S/C5H10O2/c1-4(3-6)5(2)7/h4,6H,3H2,1-2H3/t4-/m1/s1. The van der Waals surface area contributed by atoms with Crippen LogP contribution in [0.25, 0.3) is 0 Å². The van der Waals surface area contributed by atoms with E-state index in [0.717, 1.165) is 0 Å². The molecular weight excluding hydrogens is 92.1 g/mol. The maximum Gasteiger partial charge on any atom is 0.134 e. The first-order valence-electron chi connectivity index (χ1n) is 2.29. The van der Waals surface area contributed by atoms with E-state index in [1.807, 2.05) is 0 Å². The van der Waals surface area contributed by atoms with Gasteiger partial charge in [-0.25, -0.2) is 0 Å². The summed E-state index contributed by atoms with van der Waals surface area (Å²) in [5.41, 5.74) is 0. The lowest BCUT2D eigenvalue weighted by Crippen LogP contribution is -2.09. The highest BCUT2D eigenvalue weighted by Crippen LogP contribution is 1.91. The highest BCUT2D eigenvalue weighted by molar-refractivity contribution is 5.77. The second kappa shape index (κ2) is 2.75. The lowest BCUT2D eigenvalue weighted by atomic mass is 10.1. The Balaban J connectivity index is 3.34. The van der Waals surface area contributed by atoms with Gasteiger partial charge in [0.2, 0.25) is 0 Å². The molecule has 2 nitrogen and oxygen atoms in total. The highest BCUT2D eigenvalue weighted by Gasteiger charge is 2.02. The first-order valence-corrected chi connectivity index (χ1v) is 2.29. The maximum atomic E-state index is 10.2. The van der Waals surface area contributed by atoms with Gasteiger partial charge >= 0.3 is 0 Å². The van der Waals surface area contributed by atoms with Crippen molar-refractivity contribution in [2.45, 2.75) is 13.8 Å². The molecule has 0 aromatic carbocycles. The molecule has 0 aromatic rings. The third kappa shape index (κ3) is 2.34. The summed E-state index contributed by atoms with van der Waals surface area (Å²) in [6, 6.07) is 0. The Morgan fingerprint density at radius 1 is 1.86 bits per heavy atom. The zero-order valence-corrected chi connectivity index (χ0v) is 4.64. The molecule has 42 valence electrons. The summed E-state index contributed by atoms with van der Waals surface area (Å²) in [6.45, 7) is 3.14. The van der Waals surface area contributed by atoms with E-state index in [1.54, 1.807) is 6.92 Å². The molecule has 0 fully saturated rings. The van der Waals surface area contributed by atoms with E-state index >= 15 is 0 Å². The van der Waals surface area contributed by atoms with E-state index in [4.69, 9.17) is 5.11 Å². The lowest BCUT2D eigenvalue weighted by Gasteiger charge is -1.97. The molecule has 0 saturated heterocycles. The highest BCUT2D eigenvalue weighted by atomic mass is 16.3. The fraction of sp³-hybridized carbons (Fsp3) is 0.800. The minimum atomic E-state index is -0.181. The summed E-state index contributed by atoms with van der Waals surface area (Å²) in [5.74, 6) is -0.137. The molecule has 0 rings (SSSR count). The van der Waals surface area contributed by atoms with Gasteiger partial charge in [0, 0.05) is 5.92 Å². The SMILES string of the molecule is CC(=O)[C@H](C)CO. The molecule has 0 amide bonds. The van der Waals surface area contributed by atoms with Crippen LogP contribution < -0.4 is 0 Å². The molecular formula is C5H10O2. The summed E-state index contributed by atoms with van der Waals surface area (Å²) in [7, 11) is 0. The van der Waals surface area contributed by atoms with Gasteiger partial charge in [-0.1, -0.05) is 6.92 Å². The second-order valence-electron chi connectivity index (χ2n) is 1.69. The largest absolute Gasteiger partial charge is 0.396 e. The van der Waals surface area contributed by atoms with Crippen molar-refractivity contribution < 1.29 is 9.90 Å². The van der Waals surface area contributed by atoms with Gasteiger partial charge in [-0.05, 0) is 6.92 Å². The second-order valence-corrected chi connectivity index (χ2v) is 1.69. The van der Waals surface area contributed by atoms with E-state index in [2.05, 4.69) is 0 Å². The van der Waals surface area contributed by atoms with Crippen LogP contribution in [0.2, 0.25) is 0 Å². The van der Waals surface area contributed by atoms with Gasteiger partial charge in [0.05, 0.1) is 6.61 Å². The fourth-order valence-corrected chi connectivity index (χ4v) is 0.129. The van der Waals surface area contributed by atoms with E-state index in [1.165, 1.54) is 6.92 Å². The number of carbonyl (C=O) groups is 1. The number of hydrogen-bond acceptors (Lipinski definition) is 2. The molecule has 1 N–H and O–H groups in total. The molecule has 0 aliphatic carbocycles. The first kappa shape index (κ1) is 6.63. The molecule has 2 heteroatoms. The minimum absolute atomic E-state index is 0.0324. The number of Topliss-reactive ketones (excluding diaryl/α,β-unsaturated/α-hetero) is 1. The van der Waals surface area contributed by atoms with E-state index in [0.29, 0.717) is 0 Å². The smallest absolute Gasteiger partial charge is 0.134 e. The number of carbonyl (C=O) groups excluding carboxylic acids is 1. The van der Waals surface area contributed by atoms with Crippen LogP contribution in [0.15, 0.2) is 0 Å². The predicted molar refractivity (Wildman–Crippen MR) is 26.9 cm³/mol. The van der Waals surface area contributed by atoms with Gasteiger partial charge in [0.25, 0.3) is 0 Å². The Hall–Kier alpha value is -0.370. The van der Waals surface area contributed by atoms with E-state index in [-0.39, 0.29) is 18.3 Å². The van der Waals surface area contributed by atoms with Crippen LogP contribution >= 0.6 is 0 Å². The van der Waals surface area contributed by atoms with Crippen LogP contribution in [0.4, 0.5) is 0 Å². The van der Waals surface area contributed by atoms with Crippen LogP contribution in [0.3, 0.4) is 0 Å². The molecule has 0 radical (unpaired) electrons. The molecule has 1 atom stereocenters. The van der Waals surface area contributed by atoms with E-state index < -0.39 is 0 Å². The van der Waals surface area contributed by atoms with Crippen molar-refractivity contribution in [1.82, 2.24) is 0 Å². The van der Waals surface area contributed by atoms with Crippen molar-refractivity contribution in [1.29, 1.82) is 0 Å². The summed E-state index contributed by atoms with van der Waals surface area (Å²) in [5, 5.41) is 8.28. The average molecular weight is 102 g/mol. The van der Waals surface area contributed by atoms with Gasteiger partial charge in [-0.3, -0.25) is 4.79 Å². The number of rotatable bonds is 2. The number of ketones is 1. The zero-order chi connectivity index (χ0) is 5.86. The summed E-state index contributed by atoms with van der Waals surface area (Å²) < 4.78 is 0. The topological polar surface area (TPSA) is 37.3 Å². The summed E-state index contributed by atoms with van der Waals surface area (Å²) in [4.78, 5) is 10.2. The van der Waals surface area contributed by atoms with Crippen LogP contribution in [0, 0.1) is 5.92 Å². The molecule has 0 bridgehead atoms. The molecule has 0 spiro atoms. The van der Waals surface area contributed by atoms with Gasteiger partial charge in [0.1, 0.15) is 5.78 Å². The first-order chi connectivity index (χ1) is 3.18. The number of aliphatic hydroxyl groups excluding tert-OH is 1. The van der Waals surface area contributed by atoms with Crippen LogP contribution in [-0.4, -0.2) is 17.5 Å². The Bertz CT molecular complexity index is 68.5. The minimum Gasteiger partial charge on any atom is -0.396 e. The summed E-state index contributed by atoms with van der Waals surface area (Å²) in [6.07, 6.45) is 0. The lowest BCUT2D eigenvalue weighted by molar-refractivity contribution is -0.121. The monoisotopic (exact) mass is 102 g/mol. The molecule has 0 unspecified atom stereocenters. The van der Waals surface area contributed by atoms with Gasteiger partial charge in [-0.2, -0.15) is 0 Å². The average Bonchev–Trinajstić information content (AvgIpc) is 1.65. The van der Waals surface area contributed by atoms with Crippen molar-refractivity contribution in [3.05, 3.63) is 0 Å². The zero-order valence-electron chi connectivity index (χ0n) is 4.64. The van der Waals surface area contributed by atoms with Crippen molar-refractivity contribution in [3.63, 3.8) is 0 Å². The predicted octanol–water partition coefficient (Wildman–Crippen LogP) is 0.204. The van der Waals surface area contributed by atoms with Crippen molar-refractivity contribution in [3.8, 4) is 0 Å². The normalized spacial score (nSPS) is 13.6. The van der Waals surface area contributed by atoms with Crippen LogP contribution in [-0.2, 0) is 4.79 Å². The molecule has 0 aliphatic heterocycles. The number of aliphatic hydroxyl groups is 1. The van der Waals surface area contributed by atoms with Crippen LogP contribution in [0.1, 0.15) is 13.8 Å². The molecule has 0 heterocycles. The van der Waals surface area contributed by atoms with E-state index in [9.17, 15) is 4.79 Å². The maximum absolute atomic E-state index is 10.2. The van der Waals surface area contributed by atoms with Crippen LogP contribution in [0.5, 0.6) is 0 Å². The molecule has 0 aromatic heterocycles. The molecule has 7 heavy (non-hydrogen) atoms. The van der Waals surface area contributed by atoms with Crippen molar-refractivity contribution in [2.75, 3.05) is 6.61 Å². The quantitative estimate of drug-likeness (QED) is 0.541. The molecule has 0 saturated carbocycles. The summed E-state index contributed by atoms with van der Waals surface area (Å²) >= 11 is 0. The fourth-order valence-electron chi connectivity index (χ4n) is 0.129. The Kier molecular flexibility index (Phi) is 2.60. The van der Waals surface area contributed by atoms with Gasteiger partial charge < -0.3 is 5.11 Å². The third-order valence-corrected chi connectivity index (χ3v) is 0.968. The molecule has 0 aliphatic rings. The van der Waals surface area contributed by atoms with Crippen molar-refractivity contribution in [2.24, 2.45) is 5.92 Å². The number of hydrogen-bond donors (Lipinski definition) is 1.